The van der Waals surface area contributed by atoms with Crippen LogP contribution in [-0.4, -0.2) is 64.2 Å². The van der Waals surface area contributed by atoms with Gasteiger partial charge < -0.3 is 29.3 Å². The second-order valence-electron chi connectivity index (χ2n) is 6.86. The predicted molar refractivity (Wildman–Crippen MR) is 111 cm³/mol. The lowest BCUT2D eigenvalue weighted by atomic mass is 9.79. The normalized spacial score (nSPS) is 23.6. The van der Waals surface area contributed by atoms with E-state index in [-0.39, 0.29) is 30.2 Å². The third kappa shape index (κ3) is 4.47. The molecule has 1 fully saturated rings. The van der Waals surface area contributed by atoms with E-state index in [1.54, 1.807) is 23.9 Å². The second kappa shape index (κ2) is 9.81. The van der Waals surface area contributed by atoms with Crippen molar-refractivity contribution < 1.29 is 38.8 Å². The van der Waals surface area contributed by atoms with Gasteiger partial charge in [-0.3, -0.25) is 4.79 Å². The summed E-state index contributed by atoms with van der Waals surface area (Å²) in [4.78, 5) is 43.2. The molecular formula is C19H22N2O8S2. The van der Waals surface area contributed by atoms with Crippen molar-refractivity contribution in [2.24, 2.45) is 11.8 Å². The molecule has 0 spiro atoms. The lowest BCUT2D eigenvalue weighted by Gasteiger charge is -2.46. The van der Waals surface area contributed by atoms with E-state index in [2.05, 4.69) is 14.5 Å². The number of ether oxygens (including phenoxy) is 3. The van der Waals surface area contributed by atoms with E-state index in [0.29, 0.717) is 10.6 Å². The maximum atomic E-state index is 12.7. The van der Waals surface area contributed by atoms with E-state index >= 15 is 0 Å². The van der Waals surface area contributed by atoms with Crippen LogP contribution >= 0.6 is 23.1 Å². The third-order valence-corrected chi connectivity index (χ3v) is 7.00. The van der Waals surface area contributed by atoms with E-state index in [4.69, 9.17) is 4.74 Å². The minimum absolute atomic E-state index is 0.0641. The van der Waals surface area contributed by atoms with Crippen LogP contribution in [-0.2, 0) is 30.4 Å². The van der Waals surface area contributed by atoms with Crippen molar-refractivity contribution in [2.45, 2.75) is 32.6 Å². The third-order valence-electron chi connectivity index (χ3n) is 5.07. The summed E-state index contributed by atoms with van der Waals surface area (Å²) < 4.78 is 13.9. The number of esters is 1. The van der Waals surface area contributed by atoms with Crippen molar-refractivity contribution in [3.8, 4) is 0 Å². The van der Waals surface area contributed by atoms with Gasteiger partial charge in [-0.15, -0.1) is 11.3 Å². The van der Waals surface area contributed by atoms with Crippen LogP contribution in [0.15, 0.2) is 21.5 Å². The largest absolute Gasteiger partial charge is 0.510 e. The number of rotatable bonds is 8. The molecule has 3 rings (SSSR count). The number of amides is 1. The molecule has 0 bridgehead atoms. The summed E-state index contributed by atoms with van der Waals surface area (Å²) in [5.41, 5.74) is 2.23. The van der Waals surface area contributed by atoms with Crippen LogP contribution in [0.3, 0.4) is 0 Å². The van der Waals surface area contributed by atoms with Crippen LogP contribution in [0.5, 0.6) is 0 Å². The number of fused-ring (bicyclic) bond motifs is 1. The second-order valence-corrected chi connectivity index (χ2v) is 8.69. The number of carbonyl (C=O) groups is 3. The molecule has 4 atom stereocenters. The topological polar surface area (TPSA) is 135 Å². The molecule has 0 saturated carbocycles. The summed E-state index contributed by atoms with van der Waals surface area (Å²) in [6.07, 6.45) is -0.101. The SMILES string of the molecule is COC(=O)OCOC(=O)C1=C(S/C=C\c2scnc2CO)[C@H](C)[C@@H]2[C@@H]([C@@H](C)O)C(=O)N12. The van der Waals surface area contributed by atoms with Crippen molar-refractivity contribution in [2.75, 3.05) is 13.9 Å². The number of thioether (sulfide) groups is 1. The monoisotopic (exact) mass is 470 g/mol. The first-order valence-electron chi connectivity index (χ1n) is 9.31. The van der Waals surface area contributed by atoms with Crippen LogP contribution < -0.4 is 0 Å². The van der Waals surface area contributed by atoms with E-state index in [1.807, 2.05) is 6.92 Å². The summed E-state index contributed by atoms with van der Waals surface area (Å²) in [5, 5.41) is 21.1. The molecule has 0 unspecified atom stereocenters. The first-order chi connectivity index (χ1) is 14.8. The molecule has 2 N–H and O–H groups in total. The quantitative estimate of drug-likeness (QED) is 0.328. The Morgan fingerprint density at radius 2 is 2.16 bits per heavy atom. The molecule has 0 aromatic carbocycles. The van der Waals surface area contributed by atoms with E-state index in [9.17, 15) is 24.6 Å². The maximum absolute atomic E-state index is 12.7. The number of aromatic nitrogens is 1. The fourth-order valence-electron chi connectivity index (χ4n) is 3.63. The molecule has 2 aliphatic rings. The average molecular weight is 471 g/mol. The van der Waals surface area contributed by atoms with Crippen LogP contribution in [0.2, 0.25) is 0 Å². The number of carbonyl (C=O) groups excluding carboxylic acids is 3. The number of thiazole rings is 1. The Hall–Kier alpha value is -2.41. The number of nitrogens with zero attached hydrogens (tertiary/aromatic N) is 2. The Kier molecular flexibility index (Phi) is 7.36. The van der Waals surface area contributed by atoms with Crippen molar-refractivity contribution in [3.05, 3.63) is 32.1 Å². The summed E-state index contributed by atoms with van der Waals surface area (Å²) in [5.74, 6) is -2.03. The number of aliphatic hydroxyl groups excluding tert-OH is 2. The number of methoxy groups -OCH3 is 1. The Morgan fingerprint density at radius 3 is 2.81 bits per heavy atom. The fraction of sp³-hybridized carbons (Fsp3) is 0.474. The molecule has 2 aliphatic heterocycles. The zero-order valence-corrected chi connectivity index (χ0v) is 18.6. The van der Waals surface area contributed by atoms with Crippen LogP contribution in [0.25, 0.3) is 6.08 Å². The summed E-state index contributed by atoms with van der Waals surface area (Å²) >= 11 is 2.60. The van der Waals surface area contributed by atoms with Crippen molar-refractivity contribution >= 4 is 47.2 Å². The number of β-lactam (4-membered cyclic amide) rings is 1. The highest BCUT2D eigenvalue weighted by Gasteiger charge is 2.60. The average Bonchev–Trinajstić information content (AvgIpc) is 3.28. The van der Waals surface area contributed by atoms with Gasteiger partial charge in [-0.1, -0.05) is 18.7 Å². The fourth-order valence-corrected chi connectivity index (χ4v) is 5.41. The zero-order chi connectivity index (χ0) is 22.7. The van der Waals surface area contributed by atoms with Gasteiger partial charge in [-0.05, 0) is 18.4 Å². The molecule has 1 saturated heterocycles. The Bertz CT molecular complexity index is 926. The smallest absolute Gasteiger partial charge is 0.438 e. The summed E-state index contributed by atoms with van der Waals surface area (Å²) in [7, 11) is 1.12. The molecule has 12 heteroatoms. The van der Waals surface area contributed by atoms with Gasteiger partial charge in [0.05, 0.1) is 47.9 Å². The molecule has 0 aliphatic carbocycles. The van der Waals surface area contributed by atoms with Crippen molar-refractivity contribution in [1.29, 1.82) is 0 Å². The van der Waals surface area contributed by atoms with E-state index in [1.165, 1.54) is 28.0 Å². The summed E-state index contributed by atoms with van der Waals surface area (Å²) in [6.45, 7) is 2.56. The molecule has 168 valence electrons. The maximum Gasteiger partial charge on any atom is 0.510 e. The molecule has 31 heavy (non-hydrogen) atoms. The molecule has 1 aromatic heterocycles. The van der Waals surface area contributed by atoms with Crippen LogP contribution in [0, 0.1) is 11.8 Å². The van der Waals surface area contributed by atoms with Gasteiger partial charge in [0, 0.05) is 10.8 Å². The zero-order valence-electron chi connectivity index (χ0n) is 17.0. The number of hydrogen-bond acceptors (Lipinski definition) is 11. The minimum atomic E-state index is -1.00. The van der Waals surface area contributed by atoms with E-state index in [0.717, 1.165) is 12.0 Å². The lowest BCUT2D eigenvalue weighted by Crippen LogP contribution is -2.63. The Balaban J connectivity index is 1.82. The standard InChI is InChI=1S/C19H22N2O8S2/c1-9-14-13(10(2)23)17(24)21(14)15(18(25)28-8-29-19(26)27-3)16(9)30-5-4-12-11(6-22)20-7-31-12/h4-5,7,9-10,13-14,22-23H,6,8H2,1-3H3/b5-4-/t9-,10-,13-,14-/m1/s1. The van der Waals surface area contributed by atoms with Gasteiger partial charge in [-0.2, -0.15) is 0 Å². The Labute approximate surface area is 186 Å². The Morgan fingerprint density at radius 1 is 1.42 bits per heavy atom. The molecule has 1 amide bonds. The molecule has 1 aromatic rings. The van der Waals surface area contributed by atoms with Crippen molar-refractivity contribution in [1.82, 2.24) is 9.88 Å². The summed E-state index contributed by atoms with van der Waals surface area (Å²) in [6, 6.07) is -0.371. The molecule has 10 nitrogen and oxygen atoms in total. The highest BCUT2D eigenvalue weighted by molar-refractivity contribution is 8.06. The number of hydrogen-bond donors (Lipinski definition) is 2. The van der Waals surface area contributed by atoms with Gasteiger partial charge in [0.2, 0.25) is 12.7 Å². The first kappa shape index (κ1) is 23.3. The molecular weight excluding hydrogens is 448 g/mol. The van der Waals surface area contributed by atoms with Crippen LogP contribution in [0.1, 0.15) is 24.4 Å². The first-order valence-corrected chi connectivity index (χ1v) is 11.1. The van der Waals surface area contributed by atoms with Gasteiger partial charge >= 0.3 is 12.1 Å². The van der Waals surface area contributed by atoms with Gasteiger partial charge in [-0.25, -0.2) is 14.6 Å². The minimum Gasteiger partial charge on any atom is -0.438 e. The van der Waals surface area contributed by atoms with Crippen molar-refractivity contribution in [3.63, 3.8) is 0 Å². The van der Waals surface area contributed by atoms with E-state index < -0.39 is 30.9 Å². The van der Waals surface area contributed by atoms with Gasteiger partial charge in [0.25, 0.3) is 0 Å². The molecule has 0 radical (unpaired) electrons. The van der Waals surface area contributed by atoms with Crippen LogP contribution in [0.4, 0.5) is 4.79 Å². The predicted octanol–water partition coefficient (Wildman–Crippen LogP) is 1.69. The highest BCUT2D eigenvalue weighted by atomic mass is 32.2. The van der Waals surface area contributed by atoms with Gasteiger partial charge in [0.15, 0.2) is 0 Å². The van der Waals surface area contributed by atoms with Gasteiger partial charge in [0.1, 0.15) is 5.70 Å². The number of aliphatic hydroxyl groups is 2. The highest BCUT2D eigenvalue weighted by Crippen LogP contribution is 2.51. The molecule has 3 heterocycles. The lowest BCUT2D eigenvalue weighted by molar-refractivity contribution is -0.166.